The van der Waals surface area contributed by atoms with Crippen molar-refractivity contribution < 1.29 is 14.3 Å². The molecule has 2 heterocycles. The average Bonchev–Trinajstić information content (AvgIpc) is 3.27. The zero-order valence-corrected chi connectivity index (χ0v) is 14.7. The molecular weight excluding hydrogens is 328 g/mol. The maximum absolute atomic E-state index is 12.9. The fraction of sp³-hybridized carbons (Fsp3) is 0.611. The highest BCUT2D eigenvalue weighted by molar-refractivity contribution is 5.85. The minimum absolute atomic E-state index is 0. The third-order valence-corrected chi connectivity index (χ3v) is 4.76. The Bertz CT molecular complexity index is 508. The molecule has 5 nitrogen and oxygen atoms in total. The van der Waals surface area contributed by atoms with Crippen LogP contribution in [0.15, 0.2) is 30.3 Å². The smallest absolute Gasteiger partial charge is 0.252 e. The summed E-state index contributed by atoms with van der Waals surface area (Å²) in [7, 11) is 0. The number of nitrogens with zero attached hydrogens (tertiary/aromatic N) is 1. The van der Waals surface area contributed by atoms with Crippen LogP contribution >= 0.6 is 12.4 Å². The van der Waals surface area contributed by atoms with E-state index in [1.54, 1.807) is 0 Å². The minimum Gasteiger partial charge on any atom is -0.379 e. The van der Waals surface area contributed by atoms with Gasteiger partial charge in [-0.25, -0.2) is 0 Å². The summed E-state index contributed by atoms with van der Waals surface area (Å²) in [4.78, 5) is 14.9. The summed E-state index contributed by atoms with van der Waals surface area (Å²) in [6.07, 6.45) is 3.11. The summed E-state index contributed by atoms with van der Waals surface area (Å²) in [6.45, 7) is 2.56. The Morgan fingerprint density at radius 3 is 2.62 bits per heavy atom. The summed E-state index contributed by atoms with van der Waals surface area (Å²) in [6, 6.07) is 10.5. The molecule has 0 saturated carbocycles. The molecule has 1 amide bonds. The van der Waals surface area contributed by atoms with Gasteiger partial charge in [0.05, 0.1) is 18.8 Å². The molecule has 1 unspecified atom stereocenters. The van der Waals surface area contributed by atoms with Crippen molar-refractivity contribution in [3.63, 3.8) is 0 Å². The fourth-order valence-electron chi connectivity index (χ4n) is 3.38. The maximum atomic E-state index is 12.9. The van der Waals surface area contributed by atoms with Crippen LogP contribution in [0.4, 0.5) is 0 Å². The van der Waals surface area contributed by atoms with Crippen molar-refractivity contribution in [2.24, 2.45) is 5.73 Å². The Kier molecular flexibility index (Phi) is 7.49. The number of benzene rings is 1. The maximum Gasteiger partial charge on any atom is 0.252 e. The van der Waals surface area contributed by atoms with E-state index in [-0.39, 0.29) is 36.6 Å². The lowest BCUT2D eigenvalue weighted by molar-refractivity contribution is -0.145. The van der Waals surface area contributed by atoms with Gasteiger partial charge in [0.1, 0.15) is 6.10 Å². The number of amides is 1. The Hall–Kier alpha value is -1.14. The fourth-order valence-corrected chi connectivity index (χ4v) is 3.38. The molecule has 2 fully saturated rings. The Labute approximate surface area is 149 Å². The summed E-state index contributed by atoms with van der Waals surface area (Å²) in [5.41, 5.74) is 6.91. The topological polar surface area (TPSA) is 64.8 Å². The molecule has 2 aliphatic rings. The largest absolute Gasteiger partial charge is 0.379 e. The highest BCUT2D eigenvalue weighted by Gasteiger charge is 2.36. The molecule has 0 aromatic heterocycles. The number of ether oxygens (including phenoxy) is 2. The van der Waals surface area contributed by atoms with Gasteiger partial charge in [0.2, 0.25) is 0 Å². The lowest BCUT2D eigenvalue weighted by Crippen LogP contribution is -2.47. The van der Waals surface area contributed by atoms with Gasteiger partial charge >= 0.3 is 0 Å². The number of nitrogens with two attached hydrogens (primary N) is 1. The molecule has 24 heavy (non-hydrogen) atoms. The zero-order valence-electron chi connectivity index (χ0n) is 13.9. The summed E-state index contributed by atoms with van der Waals surface area (Å²) in [5, 5.41) is 0. The third kappa shape index (κ3) is 4.70. The number of carbonyl (C=O) groups is 1. The SMILES string of the molecule is Cl.NC[C@H]1CC[C@@H](C(=O)N(CCc2ccccc2)C2CCOC2)O1. The Balaban J connectivity index is 0.00000208. The summed E-state index contributed by atoms with van der Waals surface area (Å²) in [5.74, 6) is 0.104. The van der Waals surface area contributed by atoms with Crippen LogP contribution in [-0.4, -0.2) is 55.4 Å². The first-order valence-electron chi connectivity index (χ1n) is 8.55. The second-order valence-corrected chi connectivity index (χ2v) is 6.34. The lowest BCUT2D eigenvalue weighted by atomic mass is 10.1. The van der Waals surface area contributed by atoms with Gasteiger partial charge in [0, 0.05) is 19.7 Å². The predicted molar refractivity (Wildman–Crippen MR) is 95.3 cm³/mol. The predicted octanol–water partition coefficient (Wildman–Crippen LogP) is 1.77. The van der Waals surface area contributed by atoms with Gasteiger partial charge in [-0.1, -0.05) is 30.3 Å². The lowest BCUT2D eigenvalue weighted by Gasteiger charge is -2.30. The molecule has 3 atom stereocenters. The molecule has 0 aliphatic carbocycles. The van der Waals surface area contributed by atoms with Gasteiger partial charge < -0.3 is 20.1 Å². The van der Waals surface area contributed by atoms with Crippen LogP contribution in [0.2, 0.25) is 0 Å². The van der Waals surface area contributed by atoms with Crippen molar-refractivity contribution in [3.05, 3.63) is 35.9 Å². The van der Waals surface area contributed by atoms with E-state index in [0.29, 0.717) is 19.7 Å². The van der Waals surface area contributed by atoms with Crippen LogP contribution in [0.1, 0.15) is 24.8 Å². The monoisotopic (exact) mass is 354 g/mol. The molecule has 1 aromatic carbocycles. The van der Waals surface area contributed by atoms with E-state index in [1.807, 2.05) is 23.1 Å². The molecule has 3 rings (SSSR count). The molecular formula is C18H27ClN2O3. The van der Waals surface area contributed by atoms with Crippen molar-refractivity contribution >= 4 is 18.3 Å². The summed E-state index contributed by atoms with van der Waals surface area (Å²) >= 11 is 0. The van der Waals surface area contributed by atoms with Crippen LogP contribution in [0.3, 0.4) is 0 Å². The van der Waals surface area contributed by atoms with Gasteiger partial charge in [0.25, 0.3) is 5.91 Å². The van der Waals surface area contributed by atoms with Crippen LogP contribution < -0.4 is 5.73 Å². The molecule has 1 aromatic rings. The first-order valence-corrected chi connectivity index (χ1v) is 8.55. The van der Waals surface area contributed by atoms with E-state index >= 15 is 0 Å². The van der Waals surface area contributed by atoms with Crippen LogP contribution in [0.5, 0.6) is 0 Å². The van der Waals surface area contributed by atoms with Gasteiger partial charge in [-0.15, -0.1) is 12.4 Å². The van der Waals surface area contributed by atoms with Crippen molar-refractivity contribution in [2.75, 3.05) is 26.3 Å². The number of hydrogen-bond acceptors (Lipinski definition) is 4. The van der Waals surface area contributed by atoms with E-state index in [0.717, 1.165) is 32.3 Å². The van der Waals surface area contributed by atoms with Gasteiger partial charge in [0.15, 0.2) is 0 Å². The molecule has 2 aliphatic heterocycles. The number of hydrogen-bond donors (Lipinski definition) is 1. The number of halogens is 1. The average molecular weight is 355 g/mol. The van der Waals surface area contributed by atoms with Crippen molar-refractivity contribution in [3.8, 4) is 0 Å². The molecule has 2 N–H and O–H groups in total. The molecule has 2 saturated heterocycles. The first kappa shape index (κ1) is 19.2. The number of carbonyl (C=O) groups excluding carboxylic acids is 1. The molecule has 0 spiro atoms. The second kappa shape index (κ2) is 9.37. The van der Waals surface area contributed by atoms with E-state index in [4.69, 9.17) is 15.2 Å². The van der Waals surface area contributed by atoms with Crippen LogP contribution in [0.25, 0.3) is 0 Å². The van der Waals surface area contributed by atoms with Crippen molar-refractivity contribution in [1.29, 1.82) is 0 Å². The highest BCUT2D eigenvalue weighted by atomic mass is 35.5. The normalized spacial score (nSPS) is 26.1. The Morgan fingerprint density at radius 1 is 1.21 bits per heavy atom. The zero-order chi connectivity index (χ0) is 16.1. The van der Waals surface area contributed by atoms with E-state index in [1.165, 1.54) is 5.56 Å². The molecule has 134 valence electrons. The standard InChI is InChI=1S/C18H26N2O3.ClH/c19-12-16-6-7-17(23-16)18(21)20(15-9-11-22-13-15)10-8-14-4-2-1-3-5-14;/h1-5,15-17H,6-13,19H2;1H/t15?,16-,17+;/m1./s1. The third-order valence-electron chi connectivity index (χ3n) is 4.76. The van der Waals surface area contributed by atoms with Crippen LogP contribution in [0, 0.1) is 0 Å². The van der Waals surface area contributed by atoms with Crippen molar-refractivity contribution in [1.82, 2.24) is 4.90 Å². The number of rotatable bonds is 6. The first-order chi connectivity index (χ1) is 11.3. The minimum atomic E-state index is -0.333. The quantitative estimate of drug-likeness (QED) is 0.845. The van der Waals surface area contributed by atoms with E-state index < -0.39 is 0 Å². The van der Waals surface area contributed by atoms with Gasteiger partial charge in [-0.3, -0.25) is 4.79 Å². The van der Waals surface area contributed by atoms with E-state index in [9.17, 15) is 4.79 Å². The highest BCUT2D eigenvalue weighted by Crippen LogP contribution is 2.23. The molecule has 0 radical (unpaired) electrons. The van der Waals surface area contributed by atoms with Gasteiger partial charge in [-0.05, 0) is 31.2 Å². The van der Waals surface area contributed by atoms with Crippen molar-refractivity contribution in [2.45, 2.75) is 43.9 Å². The molecule has 6 heteroatoms. The van der Waals surface area contributed by atoms with E-state index in [2.05, 4.69) is 12.1 Å². The second-order valence-electron chi connectivity index (χ2n) is 6.34. The Morgan fingerprint density at radius 2 is 2.00 bits per heavy atom. The summed E-state index contributed by atoms with van der Waals surface area (Å²) < 4.78 is 11.3. The molecule has 0 bridgehead atoms. The van der Waals surface area contributed by atoms with Crippen LogP contribution in [-0.2, 0) is 20.7 Å². The van der Waals surface area contributed by atoms with Gasteiger partial charge in [-0.2, -0.15) is 0 Å².